The molecule has 12 heteroatoms. The van der Waals surface area contributed by atoms with Crippen LogP contribution in [0.3, 0.4) is 0 Å². The number of halogens is 1. The number of piperazine rings is 1. The molecule has 2 aliphatic rings. The molecule has 0 unspecified atom stereocenters. The number of amides is 2. The first-order chi connectivity index (χ1) is 12.8. The third-order valence-corrected chi connectivity index (χ3v) is 6.24. The van der Waals surface area contributed by atoms with Gasteiger partial charge in [0.25, 0.3) is 5.91 Å². The first-order valence-electron chi connectivity index (χ1n) is 8.42. The SMILES string of the molecule is COc1cc2c(cc1S(=O)(=O)N(C)CC(=O)N1CCNCC1)OCC(=O)N2.Cl. The van der Waals surface area contributed by atoms with Crippen molar-refractivity contribution in [3.8, 4) is 11.5 Å². The number of ether oxygens (including phenoxy) is 2. The molecule has 2 amide bonds. The summed E-state index contributed by atoms with van der Waals surface area (Å²) in [5.41, 5.74) is 0.335. The summed E-state index contributed by atoms with van der Waals surface area (Å²) in [5.74, 6) is -0.307. The van der Waals surface area contributed by atoms with Crippen molar-refractivity contribution >= 4 is 39.9 Å². The maximum absolute atomic E-state index is 13.0. The summed E-state index contributed by atoms with van der Waals surface area (Å²) in [5, 5.41) is 5.74. The van der Waals surface area contributed by atoms with Gasteiger partial charge in [-0.05, 0) is 0 Å². The third-order valence-electron chi connectivity index (χ3n) is 4.41. The van der Waals surface area contributed by atoms with Crippen LogP contribution in [-0.2, 0) is 19.6 Å². The molecule has 0 saturated carbocycles. The second-order valence-corrected chi connectivity index (χ2v) is 8.24. The average Bonchev–Trinajstić information content (AvgIpc) is 2.67. The number of hydrogen-bond acceptors (Lipinski definition) is 7. The minimum absolute atomic E-state index is 0. The lowest BCUT2D eigenvalue weighted by Crippen LogP contribution is -2.49. The highest BCUT2D eigenvalue weighted by atomic mass is 35.5. The van der Waals surface area contributed by atoms with Crippen LogP contribution < -0.4 is 20.1 Å². The average molecular weight is 435 g/mol. The zero-order valence-corrected chi connectivity index (χ0v) is 17.2. The molecule has 0 bridgehead atoms. The zero-order chi connectivity index (χ0) is 19.6. The van der Waals surface area contributed by atoms with Crippen molar-refractivity contribution in [1.82, 2.24) is 14.5 Å². The summed E-state index contributed by atoms with van der Waals surface area (Å²) >= 11 is 0. The van der Waals surface area contributed by atoms with E-state index in [-0.39, 0.29) is 53.8 Å². The van der Waals surface area contributed by atoms with Crippen molar-refractivity contribution in [2.75, 3.05) is 58.8 Å². The number of carbonyl (C=O) groups excluding carboxylic acids is 2. The van der Waals surface area contributed by atoms with Crippen LogP contribution in [0.5, 0.6) is 11.5 Å². The van der Waals surface area contributed by atoms with E-state index in [1.807, 2.05) is 0 Å². The fourth-order valence-corrected chi connectivity index (χ4v) is 4.18. The Morgan fingerprint density at radius 1 is 1.32 bits per heavy atom. The zero-order valence-electron chi connectivity index (χ0n) is 15.6. The van der Waals surface area contributed by atoms with Crippen LogP contribution >= 0.6 is 12.4 Å². The predicted molar refractivity (Wildman–Crippen MR) is 104 cm³/mol. The molecule has 2 aliphatic heterocycles. The molecule has 28 heavy (non-hydrogen) atoms. The monoisotopic (exact) mass is 434 g/mol. The van der Waals surface area contributed by atoms with Crippen molar-refractivity contribution < 1.29 is 27.5 Å². The van der Waals surface area contributed by atoms with Crippen LogP contribution in [0.2, 0.25) is 0 Å². The van der Waals surface area contributed by atoms with E-state index in [9.17, 15) is 18.0 Å². The van der Waals surface area contributed by atoms with E-state index in [4.69, 9.17) is 9.47 Å². The quantitative estimate of drug-likeness (QED) is 0.641. The van der Waals surface area contributed by atoms with Crippen molar-refractivity contribution in [3.63, 3.8) is 0 Å². The maximum Gasteiger partial charge on any atom is 0.262 e. The highest BCUT2D eigenvalue weighted by Gasteiger charge is 2.31. The third kappa shape index (κ3) is 4.49. The smallest absolute Gasteiger partial charge is 0.262 e. The molecule has 3 rings (SSSR count). The first kappa shape index (κ1) is 22.2. The molecule has 156 valence electrons. The van der Waals surface area contributed by atoms with Crippen molar-refractivity contribution in [2.24, 2.45) is 0 Å². The standard InChI is InChI=1S/C16H22N4O6S.ClH/c1-19(9-16(22)20-5-3-17-4-6-20)27(23,24)14-8-12-11(7-13(14)25-2)18-15(21)10-26-12;/h7-8,17H,3-6,9-10H2,1-2H3,(H,18,21);1H. The van der Waals surface area contributed by atoms with Gasteiger partial charge in [0.1, 0.15) is 16.4 Å². The Hall–Kier alpha value is -2.08. The lowest BCUT2D eigenvalue weighted by Gasteiger charge is -2.29. The van der Waals surface area contributed by atoms with Gasteiger partial charge in [-0.2, -0.15) is 4.31 Å². The normalized spacial score (nSPS) is 16.5. The van der Waals surface area contributed by atoms with Crippen LogP contribution in [0.4, 0.5) is 5.69 Å². The number of anilines is 1. The number of methoxy groups -OCH3 is 1. The van der Waals surface area contributed by atoms with Gasteiger partial charge < -0.3 is 25.0 Å². The molecule has 1 aromatic rings. The number of fused-ring (bicyclic) bond motifs is 1. The number of nitrogens with one attached hydrogen (secondary N) is 2. The molecule has 2 heterocycles. The molecule has 10 nitrogen and oxygen atoms in total. The fraction of sp³-hybridized carbons (Fsp3) is 0.500. The molecule has 2 N–H and O–H groups in total. The summed E-state index contributed by atoms with van der Waals surface area (Å²) in [4.78, 5) is 25.3. The van der Waals surface area contributed by atoms with Gasteiger partial charge in [0.15, 0.2) is 6.61 Å². The van der Waals surface area contributed by atoms with Gasteiger partial charge in [-0.1, -0.05) is 0 Å². The molecule has 0 aliphatic carbocycles. The summed E-state index contributed by atoms with van der Waals surface area (Å²) < 4.78 is 37.5. The lowest BCUT2D eigenvalue weighted by atomic mass is 10.2. The number of rotatable bonds is 5. The van der Waals surface area contributed by atoms with Gasteiger partial charge >= 0.3 is 0 Å². The molecule has 0 aromatic heterocycles. The highest BCUT2D eigenvalue weighted by molar-refractivity contribution is 7.89. The Balaban J connectivity index is 0.00000280. The van der Waals surface area contributed by atoms with Crippen molar-refractivity contribution in [1.29, 1.82) is 0 Å². The fourth-order valence-electron chi connectivity index (χ4n) is 2.91. The van der Waals surface area contributed by atoms with Crippen LogP contribution in [0.1, 0.15) is 0 Å². The molecule has 1 fully saturated rings. The van der Waals surface area contributed by atoms with Gasteiger partial charge in [0.2, 0.25) is 15.9 Å². The van der Waals surface area contributed by atoms with Gasteiger partial charge in [-0.25, -0.2) is 8.42 Å². The van der Waals surface area contributed by atoms with Gasteiger partial charge in [-0.15, -0.1) is 12.4 Å². The second kappa shape index (κ2) is 8.95. The highest BCUT2D eigenvalue weighted by Crippen LogP contribution is 2.38. The molecule has 0 atom stereocenters. The second-order valence-electron chi connectivity index (χ2n) is 6.23. The topological polar surface area (TPSA) is 117 Å². The van der Waals surface area contributed by atoms with Crippen LogP contribution in [-0.4, -0.2) is 82.9 Å². The number of sulfonamides is 1. The van der Waals surface area contributed by atoms with E-state index < -0.39 is 10.0 Å². The Labute approximate surface area is 169 Å². The van der Waals surface area contributed by atoms with E-state index >= 15 is 0 Å². The summed E-state index contributed by atoms with van der Waals surface area (Å²) in [7, 11) is -1.33. The van der Waals surface area contributed by atoms with Crippen LogP contribution in [0.25, 0.3) is 0 Å². The van der Waals surface area contributed by atoms with Gasteiger partial charge in [0.05, 0.1) is 19.3 Å². The summed E-state index contributed by atoms with van der Waals surface area (Å²) in [6.07, 6.45) is 0. The van der Waals surface area contributed by atoms with Crippen LogP contribution in [0.15, 0.2) is 17.0 Å². The molecule has 0 spiro atoms. The van der Waals surface area contributed by atoms with Crippen molar-refractivity contribution in [3.05, 3.63) is 12.1 Å². The Bertz CT molecular complexity index is 857. The molecular formula is C16H23ClN4O6S. The Kier molecular flexibility index (Phi) is 7.10. The number of benzene rings is 1. The van der Waals surface area contributed by atoms with E-state index in [0.29, 0.717) is 31.9 Å². The predicted octanol–water partition coefficient (Wildman–Crippen LogP) is -0.500. The minimum atomic E-state index is -4.01. The Morgan fingerprint density at radius 2 is 2.00 bits per heavy atom. The lowest BCUT2D eigenvalue weighted by molar-refractivity contribution is -0.131. The molecule has 0 radical (unpaired) electrons. The molecule has 1 saturated heterocycles. The van der Waals surface area contributed by atoms with Crippen LogP contribution in [0, 0.1) is 0 Å². The van der Waals surface area contributed by atoms with E-state index in [2.05, 4.69) is 10.6 Å². The van der Waals surface area contributed by atoms with E-state index in [1.165, 1.54) is 26.3 Å². The summed E-state index contributed by atoms with van der Waals surface area (Å²) in [6, 6.07) is 2.69. The molecular weight excluding hydrogens is 412 g/mol. The first-order valence-corrected chi connectivity index (χ1v) is 9.86. The number of nitrogens with zero attached hydrogens (tertiary/aromatic N) is 2. The minimum Gasteiger partial charge on any atom is -0.495 e. The van der Waals surface area contributed by atoms with Crippen molar-refractivity contribution in [2.45, 2.75) is 4.90 Å². The summed E-state index contributed by atoms with van der Waals surface area (Å²) in [6.45, 7) is 1.98. The number of hydrogen-bond donors (Lipinski definition) is 2. The maximum atomic E-state index is 13.0. The van der Waals surface area contributed by atoms with Gasteiger partial charge in [-0.3, -0.25) is 9.59 Å². The number of carbonyl (C=O) groups is 2. The van der Waals surface area contributed by atoms with E-state index in [0.717, 1.165) is 4.31 Å². The Morgan fingerprint density at radius 3 is 2.64 bits per heavy atom. The van der Waals surface area contributed by atoms with E-state index in [1.54, 1.807) is 4.90 Å². The number of likely N-dealkylation sites (N-methyl/N-ethyl adjacent to an activating group) is 1. The van der Waals surface area contributed by atoms with Gasteiger partial charge in [0, 0.05) is 45.4 Å². The largest absolute Gasteiger partial charge is 0.495 e. The molecule has 1 aromatic carbocycles.